The van der Waals surface area contributed by atoms with Gasteiger partial charge in [0.05, 0.1) is 5.56 Å². The number of phenols is 1. The Bertz CT molecular complexity index is 461. The molecule has 0 aliphatic rings. The molecule has 0 saturated heterocycles. The molecule has 5 nitrogen and oxygen atoms in total. The van der Waals surface area contributed by atoms with Crippen LogP contribution < -0.4 is 5.32 Å². The SMILES string of the molecule is CCC[C@@H](NC(=O)c1cc(Cl)ccc1O)C(=O)O. The topological polar surface area (TPSA) is 86.6 Å². The molecule has 0 aliphatic carbocycles. The zero-order valence-electron chi connectivity index (χ0n) is 9.81. The Morgan fingerprint density at radius 1 is 1.44 bits per heavy atom. The summed E-state index contributed by atoms with van der Waals surface area (Å²) < 4.78 is 0. The normalized spacial score (nSPS) is 11.9. The van der Waals surface area contributed by atoms with Gasteiger partial charge in [-0.2, -0.15) is 0 Å². The van der Waals surface area contributed by atoms with Crippen molar-refractivity contribution in [2.24, 2.45) is 0 Å². The number of hydrogen-bond donors (Lipinski definition) is 3. The molecule has 1 aromatic rings. The predicted molar refractivity (Wildman–Crippen MR) is 66.9 cm³/mol. The highest BCUT2D eigenvalue weighted by Crippen LogP contribution is 2.21. The van der Waals surface area contributed by atoms with Gasteiger partial charge >= 0.3 is 5.97 Å². The van der Waals surface area contributed by atoms with Gasteiger partial charge in [0.1, 0.15) is 11.8 Å². The zero-order valence-corrected chi connectivity index (χ0v) is 10.6. The van der Waals surface area contributed by atoms with Crippen LogP contribution in [-0.4, -0.2) is 28.1 Å². The number of halogens is 1. The van der Waals surface area contributed by atoms with E-state index in [1.807, 2.05) is 6.92 Å². The van der Waals surface area contributed by atoms with Gasteiger partial charge in [0.15, 0.2) is 0 Å². The van der Waals surface area contributed by atoms with Gasteiger partial charge in [-0.25, -0.2) is 4.79 Å². The molecule has 6 heteroatoms. The summed E-state index contributed by atoms with van der Waals surface area (Å²) in [7, 11) is 0. The molecular weight excluding hydrogens is 258 g/mol. The Kier molecular flexibility index (Phi) is 4.97. The molecule has 1 rings (SSSR count). The molecule has 0 bridgehead atoms. The second-order valence-electron chi connectivity index (χ2n) is 3.81. The number of rotatable bonds is 5. The highest BCUT2D eigenvalue weighted by atomic mass is 35.5. The van der Waals surface area contributed by atoms with E-state index in [0.29, 0.717) is 17.9 Å². The van der Waals surface area contributed by atoms with Crippen molar-refractivity contribution in [3.05, 3.63) is 28.8 Å². The largest absolute Gasteiger partial charge is 0.507 e. The second-order valence-corrected chi connectivity index (χ2v) is 4.25. The first kappa shape index (κ1) is 14.3. The van der Waals surface area contributed by atoms with Crippen LogP contribution >= 0.6 is 11.6 Å². The Morgan fingerprint density at radius 2 is 2.11 bits per heavy atom. The third-order valence-electron chi connectivity index (χ3n) is 2.38. The third kappa shape index (κ3) is 3.63. The van der Waals surface area contributed by atoms with Crippen LogP contribution in [0.15, 0.2) is 18.2 Å². The van der Waals surface area contributed by atoms with Crippen molar-refractivity contribution >= 4 is 23.5 Å². The lowest BCUT2D eigenvalue weighted by Crippen LogP contribution is -2.40. The van der Waals surface area contributed by atoms with Gasteiger partial charge in [-0.05, 0) is 24.6 Å². The number of carbonyl (C=O) groups excluding carboxylic acids is 1. The van der Waals surface area contributed by atoms with Crippen LogP contribution in [0.2, 0.25) is 5.02 Å². The van der Waals surface area contributed by atoms with Crippen molar-refractivity contribution < 1.29 is 19.8 Å². The minimum atomic E-state index is -1.10. The van der Waals surface area contributed by atoms with Crippen molar-refractivity contribution in [3.8, 4) is 5.75 Å². The van der Waals surface area contributed by atoms with Gasteiger partial charge in [0, 0.05) is 5.02 Å². The van der Waals surface area contributed by atoms with E-state index >= 15 is 0 Å². The van der Waals surface area contributed by atoms with Crippen molar-refractivity contribution in [2.45, 2.75) is 25.8 Å². The standard InChI is InChI=1S/C12H14ClNO4/c1-2-3-9(12(17)18)14-11(16)8-6-7(13)4-5-10(8)15/h4-6,9,15H,2-3H2,1H3,(H,14,16)(H,17,18)/t9-/m1/s1. The minimum Gasteiger partial charge on any atom is -0.507 e. The molecule has 1 aromatic carbocycles. The average Bonchev–Trinajstić information content (AvgIpc) is 2.31. The molecule has 0 radical (unpaired) electrons. The highest BCUT2D eigenvalue weighted by Gasteiger charge is 2.21. The molecule has 1 atom stereocenters. The molecule has 98 valence electrons. The minimum absolute atomic E-state index is 0.0372. The maximum Gasteiger partial charge on any atom is 0.326 e. The lowest BCUT2D eigenvalue weighted by Gasteiger charge is -2.14. The molecule has 0 heterocycles. The molecular formula is C12H14ClNO4. The molecule has 0 aliphatic heterocycles. The Morgan fingerprint density at radius 3 is 2.67 bits per heavy atom. The molecule has 1 amide bonds. The summed E-state index contributed by atoms with van der Waals surface area (Å²) in [6, 6.07) is 3.04. The number of carbonyl (C=O) groups is 2. The fourth-order valence-corrected chi connectivity index (χ4v) is 1.64. The Labute approximate surface area is 109 Å². The molecule has 3 N–H and O–H groups in total. The summed E-state index contributed by atoms with van der Waals surface area (Å²) in [5, 5.41) is 21.1. The van der Waals surface area contributed by atoms with Crippen LogP contribution in [0.5, 0.6) is 5.75 Å². The number of hydrogen-bond acceptors (Lipinski definition) is 3. The number of carboxylic acid groups (broad SMARTS) is 1. The van der Waals surface area contributed by atoms with E-state index in [1.54, 1.807) is 0 Å². The van der Waals surface area contributed by atoms with Gasteiger partial charge in [0.2, 0.25) is 0 Å². The third-order valence-corrected chi connectivity index (χ3v) is 2.62. The summed E-state index contributed by atoms with van der Waals surface area (Å²) in [5.41, 5.74) is -0.0372. The van der Waals surface area contributed by atoms with E-state index in [1.165, 1.54) is 18.2 Å². The first-order chi connectivity index (χ1) is 8.45. The maximum absolute atomic E-state index is 11.8. The zero-order chi connectivity index (χ0) is 13.7. The second kappa shape index (κ2) is 6.26. The summed E-state index contributed by atoms with van der Waals surface area (Å²) >= 11 is 5.71. The molecule has 0 unspecified atom stereocenters. The fourth-order valence-electron chi connectivity index (χ4n) is 1.47. The monoisotopic (exact) mass is 271 g/mol. The number of carboxylic acids is 1. The number of nitrogens with one attached hydrogen (secondary N) is 1. The van der Waals surface area contributed by atoms with Crippen LogP contribution in [0, 0.1) is 0 Å². The lowest BCUT2D eigenvalue weighted by molar-refractivity contribution is -0.139. The van der Waals surface area contributed by atoms with E-state index in [2.05, 4.69) is 5.32 Å². The van der Waals surface area contributed by atoms with Crippen LogP contribution in [-0.2, 0) is 4.79 Å². The molecule has 18 heavy (non-hydrogen) atoms. The quantitative estimate of drug-likeness (QED) is 0.765. The van der Waals surface area contributed by atoms with Crippen LogP contribution in [0.1, 0.15) is 30.1 Å². The number of aliphatic carboxylic acids is 1. The summed E-state index contributed by atoms with van der Waals surface area (Å²) in [6.07, 6.45) is 0.946. The number of amides is 1. The van der Waals surface area contributed by atoms with Gasteiger partial charge in [-0.3, -0.25) is 4.79 Å². The van der Waals surface area contributed by atoms with E-state index in [4.69, 9.17) is 16.7 Å². The van der Waals surface area contributed by atoms with Crippen molar-refractivity contribution in [1.29, 1.82) is 0 Å². The summed E-state index contributed by atoms with van der Waals surface area (Å²) in [6.45, 7) is 1.82. The Balaban J connectivity index is 2.86. The molecule has 0 spiro atoms. The Hall–Kier alpha value is -1.75. The fraction of sp³-hybridized carbons (Fsp3) is 0.333. The molecule has 0 aromatic heterocycles. The van der Waals surface area contributed by atoms with Gasteiger partial charge in [-0.1, -0.05) is 24.9 Å². The van der Waals surface area contributed by atoms with Crippen molar-refractivity contribution in [3.63, 3.8) is 0 Å². The van der Waals surface area contributed by atoms with E-state index in [0.717, 1.165) is 0 Å². The van der Waals surface area contributed by atoms with E-state index in [-0.39, 0.29) is 11.3 Å². The molecule has 0 fully saturated rings. The summed E-state index contributed by atoms with van der Waals surface area (Å²) in [5.74, 6) is -2.00. The van der Waals surface area contributed by atoms with Crippen molar-refractivity contribution in [1.82, 2.24) is 5.32 Å². The first-order valence-corrected chi connectivity index (χ1v) is 5.85. The first-order valence-electron chi connectivity index (χ1n) is 5.48. The summed E-state index contributed by atoms with van der Waals surface area (Å²) in [4.78, 5) is 22.7. The van der Waals surface area contributed by atoms with Gasteiger partial charge < -0.3 is 15.5 Å². The van der Waals surface area contributed by atoms with Crippen molar-refractivity contribution in [2.75, 3.05) is 0 Å². The number of aromatic hydroxyl groups is 1. The van der Waals surface area contributed by atoms with E-state index in [9.17, 15) is 14.7 Å². The van der Waals surface area contributed by atoms with Crippen LogP contribution in [0.3, 0.4) is 0 Å². The van der Waals surface area contributed by atoms with Crippen LogP contribution in [0.25, 0.3) is 0 Å². The number of phenolic OH excluding ortho intramolecular Hbond substituents is 1. The van der Waals surface area contributed by atoms with E-state index < -0.39 is 17.9 Å². The van der Waals surface area contributed by atoms with Gasteiger partial charge in [-0.15, -0.1) is 0 Å². The van der Waals surface area contributed by atoms with Gasteiger partial charge in [0.25, 0.3) is 5.91 Å². The van der Waals surface area contributed by atoms with Crippen LogP contribution in [0.4, 0.5) is 0 Å². The average molecular weight is 272 g/mol. The smallest absolute Gasteiger partial charge is 0.326 e. The predicted octanol–water partition coefficient (Wildman–Crippen LogP) is 2.03. The molecule has 0 saturated carbocycles. The maximum atomic E-state index is 11.8. The number of benzene rings is 1. The highest BCUT2D eigenvalue weighted by molar-refractivity contribution is 6.31. The lowest BCUT2D eigenvalue weighted by atomic mass is 10.1.